The van der Waals surface area contributed by atoms with E-state index in [0.717, 1.165) is 26.6 Å². The Morgan fingerprint density at radius 2 is 1.67 bits per heavy atom. The first kappa shape index (κ1) is 14.0. The van der Waals surface area contributed by atoms with Crippen molar-refractivity contribution in [3.05, 3.63) is 70.6 Å². The van der Waals surface area contributed by atoms with E-state index in [4.69, 9.17) is 0 Å². The molecule has 0 unspecified atom stereocenters. The summed E-state index contributed by atoms with van der Waals surface area (Å²) in [7, 11) is 0. The summed E-state index contributed by atoms with van der Waals surface area (Å²) < 4.78 is 0. The van der Waals surface area contributed by atoms with E-state index in [2.05, 4.69) is 19.2 Å². The van der Waals surface area contributed by atoms with E-state index in [1.807, 2.05) is 54.6 Å². The molecule has 0 spiro atoms. The third-order valence-corrected chi connectivity index (χ3v) is 4.44. The van der Waals surface area contributed by atoms with Crippen LogP contribution in [0, 0.1) is 0 Å². The molecular formula is C18H17NOS. The summed E-state index contributed by atoms with van der Waals surface area (Å²) in [6, 6.07) is 18.1. The number of nitrogens with one attached hydrogen (secondary N) is 1. The van der Waals surface area contributed by atoms with Crippen molar-refractivity contribution in [1.29, 1.82) is 0 Å². The van der Waals surface area contributed by atoms with Gasteiger partial charge in [-0.2, -0.15) is 0 Å². The van der Waals surface area contributed by atoms with Gasteiger partial charge in [-0.1, -0.05) is 54.2 Å². The van der Waals surface area contributed by atoms with Gasteiger partial charge in [0.25, 0.3) is 0 Å². The van der Waals surface area contributed by atoms with Crippen LogP contribution in [0.4, 0.5) is 0 Å². The smallest absolute Gasteiger partial charge is 0.202 e. The molecule has 1 heterocycles. The average molecular weight is 295 g/mol. The molecule has 0 aromatic heterocycles. The summed E-state index contributed by atoms with van der Waals surface area (Å²) in [5.41, 5.74) is 2.78. The van der Waals surface area contributed by atoms with Gasteiger partial charge in [0.2, 0.25) is 5.78 Å². The number of fused-ring (bicyclic) bond motifs is 1. The Hall–Kier alpha value is -2.00. The van der Waals surface area contributed by atoms with Crippen molar-refractivity contribution in [1.82, 2.24) is 5.32 Å². The number of ketones is 1. The van der Waals surface area contributed by atoms with E-state index in [1.54, 1.807) is 11.8 Å². The van der Waals surface area contributed by atoms with Crippen molar-refractivity contribution in [2.45, 2.75) is 24.8 Å². The summed E-state index contributed by atoms with van der Waals surface area (Å²) in [5, 5.41) is 3.44. The van der Waals surface area contributed by atoms with Crippen LogP contribution in [0.1, 0.15) is 29.8 Å². The number of benzene rings is 2. The average Bonchev–Trinajstić information content (AvgIpc) is 2.83. The molecule has 0 atom stereocenters. The van der Waals surface area contributed by atoms with Crippen molar-refractivity contribution >= 4 is 23.2 Å². The standard InChI is InChI=1S/C18H17NOS/c1-12(2)19-16(13-8-4-3-5-9-13)18-17(20)14-10-6-7-11-15(14)21-18/h3-12,19H,1-2H3/b18-16+. The fourth-order valence-corrected chi connectivity index (χ4v) is 3.48. The highest BCUT2D eigenvalue weighted by Gasteiger charge is 2.29. The monoisotopic (exact) mass is 295 g/mol. The number of Topliss-reactive ketones (excluding diaryl/α,β-unsaturated/α-hetero) is 1. The molecule has 21 heavy (non-hydrogen) atoms. The highest BCUT2D eigenvalue weighted by Crippen LogP contribution is 2.42. The van der Waals surface area contributed by atoms with Crippen molar-refractivity contribution in [2.75, 3.05) is 0 Å². The quantitative estimate of drug-likeness (QED) is 0.854. The third-order valence-electron chi connectivity index (χ3n) is 3.27. The molecule has 106 valence electrons. The summed E-state index contributed by atoms with van der Waals surface area (Å²) in [6.07, 6.45) is 0. The molecule has 3 rings (SSSR count). The first-order valence-electron chi connectivity index (χ1n) is 7.04. The zero-order chi connectivity index (χ0) is 14.8. The summed E-state index contributed by atoms with van der Waals surface area (Å²) in [4.78, 5) is 14.5. The van der Waals surface area contributed by atoms with E-state index in [9.17, 15) is 4.79 Å². The largest absolute Gasteiger partial charge is 0.381 e. The van der Waals surface area contributed by atoms with Gasteiger partial charge in [-0.05, 0) is 31.5 Å². The van der Waals surface area contributed by atoms with Gasteiger partial charge in [-0.25, -0.2) is 0 Å². The van der Waals surface area contributed by atoms with Gasteiger partial charge in [0.1, 0.15) is 0 Å². The second kappa shape index (κ2) is 5.78. The maximum absolute atomic E-state index is 12.7. The lowest BCUT2D eigenvalue weighted by Gasteiger charge is -2.16. The first-order chi connectivity index (χ1) is 10.2. The Morgan fingerprint density at radius 3 is 2.33 bits per heavy atom. The predicted molar refractivity (Wildman–Crippen MR) is 88.3 cm³/mol. The molecule has 0 fully saturated rings. The molecule has 0 saturated carbocycles. The van der Waals surface area contributed by atoms with Crippen molar-refractivity contribution in [3.8, 4) is 0 Å². The lowest BCUT2D eigenvalue weighted by molar-refractivity contribution is 0.104. The molecule has 1 aliphatic heterocycles. The molecule has 1 N–H and O–H groups in total. The van der Waals surface area contributed by atoms with E-state index in [-0.39, 0.29) is 11.8 Å². The number of carbonyl (C=O) groups excluding carboxylic acids is 1. The Kier molecular flexibility index (Phi) is 3.84. The third kappa shape index (κ3) is 2.74. The summed E-state index contributed by atoms with van der Waals surface area (Å²) in [5.74, 6) is 0.114. The Morgan fingerprint density at radius 1 is 1.00 bits per heavy atom. The number of hydrogen-bond acceptors (Lipinski definition) is 3. The predicted octanol–water partition coefficient (Wildman–Crippen LogP) is 4.34. The van der Waals surface area contributed by atoms with Gasteiger partial charge in [0.05, 0.1) is 10.6 Å². The zero-order valence-electron chi connectivity index (χ0n) is 12.1. The molecule has 0 bridgehead atoms. The molecule has 1 aliphatic rings. The molecule has 2 aromatic carbocycles. The fourth-order valence-electron chi connectivity index (χ4n) is 2.36. The van der Waals surface area contributed by atoms with Gasteiger partial charge in [-0.3, -0.25) is 4.79 Å². The number of hydrogen-bond donors (Lipinski definition) is 1. The molecule has 0 amide bonds. The lowest BCUT2D eigenvalue weighted by atomic mass is 10.1. The van der Waals surface area contributed by atoms with Gasteiger partial charge >= 0.3 is 0 Å². The minimum atomic E-state index is 0.114. The Labute approximate surface area is 129 Å². The van der Waals surface area contributed by atoms with Crippen LogP contribution in [0.2, 0.25) is 0 Å². The zero-order valence-corrected chi connectivity index (χ0v) is 12.9. The minimum absolute atomic E-state index is 0.114. The van der Waals surface area contributed by atoms with Gasteiger partial charge in [0.15, 0.2) is 0 Å². The van der Waals surface area contributed by atoms with E-state index in [1.165, 1.54) is 0 Å². The van der Waals surface area contributed by atoms with Crippen LogP contribution < -0.4 is 5.32 Å². The lowest BCUT2D eigenvalue weighted by Crippen LogP contribution is -2.23. The number of allylic oxidation sites excluding steroid dienone is 1. The van der Waals surface area contributed by atoms with Crippen LogP contribution >= 0.6 is 11.8 Å². The maximum Gasteiger partial charge on any atom is 0.202 e. The molecular weight excluding hydrogens is 278 g/mol. The van der Waals surface area contributed by atoms with Crippen LogP contribution in [0.15, 0.2) is 64.4 Å². The van der Waals surface area contributed by atoms with Crippen LogP contribution in [-0.2, 0) is 0 Å². The molecule has 2 nitrogen and oxygen atoms in total. The fraction of sp³-hybridized carbons (Fsp3) is 0.167. The molecule has 0 saturated heterocycles. The topological polar surface area (TPSA) is 29.1 Å². The number of rotatable bonds is 3. The van der Waals surface area contributed by atoms with Crippen LogP contribution in [-0.4, -0.2) is 11.8 Å². The summed E-state index contributed by atoms with van der Waals surface area (Å²) >= 11 is 1.56. The molecule has 3 heteroatoms. The second-order valence-corrected chi connectivity index (χ2v) is 6.35. The maximum atomic E-state index is 12.7. The normalized spacial score (nSPS) is 16.0. The Bertz CT molecular complexity index is 704. The number of thioether (sulfide) groups is 1. The summed E-state index contributed by atoms with van der Waals surface area (Å²) in [6.45, 7) is 4.17. The van der Waals surface area contributed by atoms with Crippen LogP contribution in [0.5, 0.6) is 0 Å². The first-order valence-corrected chi connectivity index (χ1v) is 7.86. The Balaban J connectivity index is 2.11. The van der Waals surface area contributed by atoms with Gasteiger partial charge in [-0.15, -0.1) is 0 Å². The molecule has 0 radical (unpaired) electrons. The molecule has 0 aliphatic carbocycles. The van der Waals surface area contributed by atoms with E-state index in [0.29, 0.717) is 0 Å². The van der Waals surface area contributed by atoms with Crippen LogP contribution in [0.25, 0.3) is 5.70 Å². The molecule has 2 aromatic rings. The van der Waals surface area contributed by atoms with E-state index >= 15 is 0 Å². The van der Waals surface area contributed by atoms with Crippen molar-refractivity contribution in [2.24, 2.45) is 0 Å². The second-order valence-electron chi connectivity index (χ2n) is 5.30. The van der Waals surface area contributed by atoms with Gasteiger partial charge in [0, 0.05) is 16.5 Å². The van der Waals surface area contributed by atoms with Crippen LogP contribution in [0.3, 0.4) is 0 Å². The minimum Gasteiger partial charge on any atom is -0.381 e. The van der Waals surface area contributed by atoms with Crippen molar-refractivity contribution < 1.29 is 4.79 Å². The van der Waals surface area contributed by atoms with Crippen molar-refractivity contribution in [3.63, 3.8) is 0 Å². The van der Waals surface area contributed by atoms with E-state index < -0.39 is 0 Å². The SMILES string of the molecule is CC(C)N/C(=C1/Sc2ccccc2C1=O)c1ccccc1. The highest BCUT2D eigenvalue weighted by atomic mass is 32.2. The highest BCUT2D eigenvalue weighted by molar-refractivity contribution is 8.05. The van der Waals surface area contributed by atoms with Gasteiger partial charge < -0.3 is 5.32 Å². The number of carbonyl (C=O) groups is 1.